The summed E-state index contributed by atoms with van der Waals surface area (Å²) in [5, 5.41) is 0. The molecule has 0 heterocycles. The average Bonchev–Trinajstić information content (AvgIpc) is 2.15. The molecule has 0 atom stereocenters. The second-order valence-corrected chi connectivity index (χ2v) is 3.07. The largest absolute Gasteiger partial charge is 0.345 e. The Kier molecular flexibility index (Phi) is 2.88. The fourth-order valence-corrected chi connectivity index (χ4v) is 1.05. The maximum Gasteiger partial charge on any atom is 0.253 e. The molecule has 0 fully saturated rings. The SMILES string of the molecule is C#Cc1cc(F)cc(C(=O)N(C)C)c1. The Balaban J connectivity index is 3.17. The Labute approximate surface area is 82.3 Å². The predicted octanol–water partition coefficient (Wildman–Crippen LogP) is 1.51. The van der Waals surface area contributed by atoms with Crippen molar-refractivity contribution in [2.75, 3.05) is 14.1 Å². The standard InChI is InChI=1S/C11H10FNO/c1-4-8-5-9(7-10(12)6-8)11(14)13(2)3/h1,5-7H,2-3H3. The highest BCUT2D eigenvalue weighted by Crippen LogP contribution is 2.09. The smallest absolute Gasteiger partial charge is 0.253 e. The molecule has 0 saturated heterocycles. The van der Waals surface area contributed by atoms with E-state index in [4.69, 9.17) is 6.42 Å². The molecule has 1 aromatic carbocycles. The Morgan fingerprint density at radius 2 is 2.07 bits per heavy atom. The van der Waals surface area contributed by atoms with Crippen LogP contribution in [0.1, 0.15) is 15.9 Å². The topological polar surface area (TPSA) is 20.3 Å². The van der Waals surface area contributed by atoms with Gasteiger partial charge in [0.15, 0.2) is 0 Å². The van der Waals surface area contributed by atoms with E-state index in [1.807, 2.05) is 0 Å². The molecule has 0 unspecified atom stereocenters. The third-order valence-corrected chi connectivity index (χ3v) is 1.72. The molecular weight excluding hydrogens is 181 g/mol. The van der Waals surface area contributed by atoms with E-state index in [0.717, 1.165) is 0 Å². The van der Waals surface area contributed by atoms with Gasteiger partial charge in [-0.2, -0.15) is 0 Å². The molecule has 2 nitrogen and oxygen atoms in total. The van der Waals surface area contributed by atoms with E-state index in [1.54, 1.807) is 14.1 Å². The molecular formula is C11H10FNO. The van der Waals surface area contributed by atoms with Gasteiger partial charge < -0.3 is 4.90 Å². The van der Waals surface area contributed by atoms with Gasteiger partial charge in [0.05, 0.1) is 0 Å². The summed E-state index contributed by atoms with van der Waals surface area (Å²) < 4.78 is 13.0. The van der Waals surface area contributed by atoms with E-state index < -0.39 is 5.82 Å². The summed E-state index contributed by atoms with van der Waals surface area (Å²) in [7, 11) is 3.20. The molecule has 14 heavy (non-hydrogen) atoms. The molecule has 0 aromatic heterocycles. The van der Waals surface area contributed by atoms with Crippen molar-refractivity contribution in [3.63, 3.8) is 0 Å². The molecule has 0 aliphatic carbocycles. The number of hydrogen-bond acceptors (Lipinski definition) is 1. The minimum Gasteiger partial charge on any atom is -0.345 e. The van der Waals surface area contributed by atoms with Gasteiger partial charge in [0.2, 0.25) is 0 Å². The first-order chi connectivity index (χ1) is 6.54. The van der Waals surface area contributed by atoms with Crippen molar-refractivity contribution >= 4 is 5.91 Å². The minimum absolute atomic E-state index is 0.263. The zero-order chi connectivity index (χ0) is 10.7. The lowest BCUT2D eigenvalue weighted by Crippen LogP contribution is -2.21. The first-order valence-electron chi connectivity index (χ1n) is 4.03. The van der Waals surface area contributed by atoms with Gasteiger partial charge in [-0.3, -0.25) is 4.79 Å². The number of halogens is 1. The van der Waals surface area contributed by atoms with E-state index in [0.29, 0.717) is 5.56 Å². The van der Waals surface area contributed by atoms with Crippen molar-refractivity contribution in [1.82, 2.24) is 4.90 Å². The van der Waals surface area contributed by atoms with Gasteiger partial charge in [0.1, 0.15) is 5.82 Å². The van der Waals surface area contributed by atoms with E-state index in [1.165, 1.54) is 23.1 Å². The summed E-state index contributed by atoms with van der Waals surface area (Å²) in [6.07, 6.45) is 5.12. The number of hydrogen-bond donors (Lipinski definition) is 0. The van der Waals surface area contributed by atoms with Crippen LogP contribution in [0.2, 0.25) is 0 Å². The van der Waals surface area contributed by atoms with Crippen LogP contribution < -0.4 is 0 Å². The normalized spacial score (nSPS) is 9.29. The summed E-state index contributed by atoms with van der Waals surface area (Å²) >= 11 is 0. The average molecular weight is 191 g/mol. The van der Waals surface area contributed by atoms with E-state index in [-0.39, 0.29) is 11.5 Å². The lowest BCUT2D eigenvalue weighted by molar-refractivity contribution is 0.0827. The number of carbonyl (C=O) groups is 1. The number of rotatable bonds is 1. The van der Waals surface area contributed by atoms with Crippen LogP contribution in [0.4, 0.5) is 4.39 Å². The summed E-state index contributed by atoms with van der Waals surface area (Å²) in [6.45, 7) is 0. The number of nitrogens with zero attached hydrogens (tertiary/aromatic N) is 1. The molecule has 0 spiro atoms. The van der Waals surface area contributed by atoms with Crippen molar-refractivity contribution in [3.8, 4) is 12.3 Å². The Morgan fingerprint density at radius 3 is 2.57 bits per heavy atom. The molecule has 1 amide bonds. The number of carbonyl (C=O) groups excluding carboxylic acids is 1. The maximum absolute atomic E-state index is 13.0. The van der Waals surface area contributed by atoms with Crippen molar-refractivity contribution < 1.29 is 9.18 Å². The van der Waals surface area contributed by atoms with Gasteiger partial charge in [-0.15, -0.1) is 6.42 Å². The molecule has 0 aliphatic rings. The van der Waals surface area contributed by atoms with E-state index >= 15 is 0 Å². The molecule has 0 saturated carbocycles. The van der Waals surface area contributed by atoms with Gasteiger partial charge in [0.25, 0.3) is 5.91 Å². The Morgan fingerprint density at radius 1 is 1.43 bits per heavy atom. The highest BCUT2D eigenvalue weighted by atomic mass is 19.1. The molecule has 3 heteroatoms. The van der Waals surface area contributed by atoms with Crippen LogP contribution in [0.5, 0.6) is 0 Å². The highest BCUT2D eigenvalue weighted by Gasteiger charge is 2.09. The van der Waals surface area contributed by atoms with Gasteiger partial charge >= 0.3 is 0 Å². The van der Waals surface area contributed by atoms with Crippen LogP contribution in [0, 0.1) is 18.2 Å². The summed E-state index contributed by atoms with van der Waals surface area (Å²) in [4.78, 5) is 12.8. The van der Waals surface area contributed by atoms with Crippen molar-refractivity contribution in [3.05, 3.63) is 35.1 Å². The van der Waals surface area contributed by atoms with Gasteiger partial charge in [-0.25, -0.2) is 4.39 Å². The molecule has 0 bridgehead atoms. The fraction of sp³-hybridized carbons (Fsp3) is 0.182. The van der Waals surface area contributed by atoms with Crippen LogP contribution in [-0.2, 0) is 0 Å². The van der Waals surface area contributed by atoms with Crippen LogP contribution in [-0.4, -0.2) is 24.9 Å². The van der Waals surface area contributed by atoms with Crippen molar-refractivity contribution in [2.45, 2.75) is 0 Å². The zero-order valence-electron chi connectivity index (χ0n) is 8.04. The van der Waals surface area contributed by atoms with Crippen molar-refractivity contribution in [1.29, 1.82) is 0 Å². The first kappa shape index (κ1) is 10.3. The first-order valence-corrected chi connectivity index (χ1v) is 4.03. The third kappa shape index (κ3) is 2.11. The van der Waals surface area contributed by atoms with E-state index in [9.17, 15) is 9.18 Å². The van der Waals surface area contributed by atoms with Crippen molar-refractivity contribution in [2.24, 2.45) is 0 Å². The fourth-order valence-electron chi connectivity index (χ4n) is 1.05. The molecule has 1 rings (SSSR count). The minimum atomic E-state index is -0.495. The second-order valence-electron chi connectivity index (χ2n) is 3.07. The Bertz CT molecular complexity index is 404. The van der Waals surface area contributed by atoms with Crippen LogP contribution in [0.3, 0.4) is 0 Å². The monoisotopic (exact) mass is 191 g/mol. The molecule has 72 valence electrons. The van der Waals surface area contributed by atoms with E-state index in [2.05, 4.69) is 5.92 Å². The quantitative estimate of drug-likeness (QED) is 0.616. The van der Waals surface area contributed by atoms with Gasteiger partial charge in [-0.05, 0) is 18.2 Å². The lowest BCUT2D eigenvalue weighted by atomic mass is 10.1. The molecule has 0 aliphatic heterocycles. The zero-order valence-corrected chi connectivity index (χ0v) is 8.04. The number of amides is 1. The molecule has 0 radical (unpaired) electrons. The van der Waals surface area contributed by atoms with Gasteiger partial charge in [0, 0.05) is 25.2 Å². The lowest BCUT2D eigenvalue weighted by Gasteiger charge is -2.10. The number of benzene rings is 1. The third-order valence-electron chi connectivity index (χ3n) is 1.72. The van der Waals surface area contributed by atoms with Crippen LogP contribution in [0.25, 0.3) is 0 Å². The van der Waals surface area contributed by atoms with Crippen LogP contribution >= 0.6 is 0 Å². The maximum atomic E-state index is 13.0. The Hall–Kier alpha value is -1.82. The summed E-state index contributed by atoms with van der Waals surface area (Å²) in [5.74, 6) is 1.53. The van der Waals surface area contributed by atoms with Gasteiger partial charge in [-0.1, -0.05) is 5.92 Å². The number of terminal acetylenes is 1. The summed E-state index contributed by atoms with van der Waals surface area (Å²) in [5.41, 5.74) is 0.637. The molecule has 0 N–H and O–H groups in total. The van der Waals surface area contributed by atoms with Crippen LogP contribution in [0.15, 0.2) is 18.2 Å². The molecule has 1 aromatic rings. The predicted molar refractivity (Wildman–Crippen MR) is 52.4 cm³/mol. The summed E-state index contributed by atoms with van der Waals surface area (Å²) in [6, 6.07) is 3.88. The second kappa shape index (κ2) is 3.93. The highest BCUT2D eigenvalue weighted by molar-refractivity contribution is 5.94.